The summed E-state index contributed by atoms with van der Waals surface area (Å²) in [5.41, 5.74) is 10.6. The lowest BCUT2D eigenvalue weighted by atomic mass is 9.86. The number of likely N-dealkylation sites (tertiary alicyclic amines) is 1. The van der Waals surface area contributed by atoms with Crippen LogP contribution in [-0.4, -0.2) is 46.1 Å². The summed E-state index contributed by atoms with van der Waals surface area (Å²) in [7, 11) is 0. The molecule has 144 valence electrons. The first-order valence-corrected chi connectivity index (χ1v) is 9.76. The number of rotatable bonds is 4. The summed E-state index contributed by atoms with van der Waals surface area (Å²) in [6, 6.07) is 2.41. The first-order chi connectivity index (χ1) is 13.1. The summed E-state index contributed by atoms with van der Waals surface area (Å²) in [5.74, 6) is 0.967. The molecule has 0 aliphatic carbocycles. The third-order valence-electron chi connectivity index (χ3n) is 5.94. The van der Waals surface area contributed by atoms with E-state index in [0.717, 1.165) is 31.6 Å². The van der Waals surface area contributed by atoms with Crippen molar-refractivity contribution < 1.29 is 9.32 Å². The molecule has 0 spiro atoms. The first kappa shape index (κ1) is 18.1. The van der Waals surface area contributed by atoms with Crippen LogP contribution in [0.1, 0.15) is 58.6 Å². The third-order valence-corrected chi connectivity index (χ3v) is 5.94. The summed E-state index contributed by atoms with van der Waals surface area (Å²) < 4.78 is 5.30. The highest BCUT2D eigenvalue weighted by atomic mass is 16.5. The number of carbonyl (C=O) groups is 1. The molecule has 3 unspecified atom stereocenters. The SMILES string of the molecule is CCc1noc(C)c1C(=O)N1CCCC1C1NNCC1c1ccncc1C. The molecule has 0 saturated carbocycles. The average Bonchev–Trinajstić information content (AvgIpc) is 3.40. The molecule has 0 aromatic carbocycles. The first-order valence-electron chi connectivity index (χ1n) is 9.76. The number of hydrazine groups is 1. The summed E-state index contributed by atoms with van der Waals surface area (Å²) in [5, 5.41) is 4.07. The molecule has 4 heterocycles. The molecule has 27 heavy (non-hydrogen) atoms. The maximum Gasteiger partial charge on any atom is 0.259 e. The van der Waals surface area contributed by atoms with Gasteiger partial charge in [-0.25, -0.2) is 0 Å². The topological polar surface area (TPSA) is 83.3 Å². The van der Waals surface area contributed by atoms with Crippen molar-refractivity contribution in [3.63, 3.8) is 0 Å². The highest BCUT2D eigenvalue weighted by molar-refractivity contribution is 5.96. The van der Waals surface area contributed by atoms with Crippen LogP contribution in [0.4, 0.5) is 0 Å². The Hall–Kier alpha value is -2.25. The maximum atomic E-state index is 13.4. The Balaban J connectivity index is 1.62. The minimum absolute atomic E-state index is 0.0481. The van der Waals surface area contributed by atoms with Crippen LogP contribution in [0.5, 0.6) is 0 Å². The van der Waals surface area contributed by atoms with Gasteiger partial charge in [-0.15, -0.1) is 0 Å². The fourth-order valence-electron chi connectivity index (χ4n) is 4.58. The van der Waals surface area contributed by atoms with Gasteiger partial charge in [-0.1, -0.05) is 12.1 Å². The number of aryl methyl sites for hydroxylation is 3. The number of pyridine rings is 1. The van der Waals surface area contributed by atoms with E-state index in [2.05, 4.69) is 34.0 Å². The van der Waals surface area contributed by atoms with Gasteiger partial charge in [-0.3, -0.25) is 20.6 Å². The Labute approximate surface area is 159 Å². The van der Waals surface area contributed by atoms with E-state index in [0.29, 0.717) is 23.7 Å². The van der Waals surface area contributed by atoms with E-state index in [1.807, 2.05) is 31.1 Å². The quantitative estimate of drug-likeness (QED) is 0.859. The van der Waals surface area contributed by atoms with Gasteiger partial charge < -0.3 is 9.42 Å². The molecular formula is C20H27N5O2. The zero-order valence-electron chi connectivity index (χ0n) is 16.2. The predicted molar refractivity (Wildman–Crippen MR) is 101 cm³/mol. The van der Waals surface area contributed by atoms with Crippen molar-refractivity contribution >= 4 is 5.91 Å². The number of hydrogen-bond acceptors (Lipinski definition) is 6. The largest absolute Gasteiger partial charge is 0.361 e. The van der Waals surface area contributed by atoms with Gasteiger partial charge in [0, 0.05) is 43.5 Å². The van der Waals surface area contributed by atoms with Crippen molar-refractivity contribution in [2.24, 2.45) is 0 Å². The van der Waals surface area contributed by atoms with Crippen LogP contribution in [0.25, 0.3) is 0 Å². The predicted octanol–water partition coefficient (Wildman–Crippen LogP) is 2.11. The molecule has 7 heteroatoms. The van der Waals surface area contributed by atoms with Gasteiger partial charge in [-0.05, 0) is 50.3 Å². The standard InChI is InChI=1S/C20H27N5O2/c1-4-16-18(13(3)27-24-16)20(26)25-9-5-6-17(25)19-15(11-22-23-19)14-7-8-21-10-12(14)2/h7-8,10,15,17,19,22-23H,4-6,9,11H2,1-3H3. The van der Waals surface area contributed by atoms with Crippen LogP contribution in [0.15, 0.2) is 23.0 Å². The fourth-order valence-corrected chi connectivity index (χ4v) is 4.58. The minimum Gasteiger partial charge on any atom is -0.361 e. The molecule has 2 saturated heterocycles. The van der Waals surface area contributed by atoms with E-state index in [1.165, 1.54) is 11.1 Å². The zero-order chi connectivity index (χ0) is 19.0. The lowest BCUT2D eigenvalue weighted by Gasteiger charge is -2.33. The van der Waals surface area contributed by atoms with Crippen LogP contribution in [-0.2, 0) is 6.42 Å². The van der Waals surface area contributed by atoms with E-state index < -0.39 is 0 Å². The maximum absolute atomic E-state index is 13.4. The molecule has 7 nitrogen and oxygen atoms in total. The molecular weight excluding hydrogens is 342 g/mol. The van der Waals surface area contributed by atoms with E-state index in [-0.39, 0.29) is 18.0 Å². The van der Waals surface area contributed by atoms with Crippen molar-refractivity contribution in [3.8, 4) is 0 Å². The van der Waals surface area contributed by atoms with E-state index in [1.54, 1.807) is 0 Å². The van der Waals surface area contributed by atoms with Crippen LogP contribution >= 0.6 is 0 Å². The van der Waals surface area contributed by atoms with Crippen LogP contribution in [0.3, 0.4) is 0 Å². The second-order valence-corrected chi connectivity index (χ2v) is 7.51. The molecule has 2 aromatic rings. The number of nitrogens with zero attached hydrogens (tertiary/aromatic N) is 3. The Morgan fingerprint density at radius 1 is 1.41 bits per heavy atom. The fraction of sp³-hybridized carbons (Fsp3) is 0.550. The number of amides is 1. The molecule has 2 fully saturated rings. The van der Waals surface area contributed by atoms with Gasteiger partial charge in [0.05, 0.1) is 5.69 Å². The van der Waals surface area contributed by atoms with Gasteiger partial charge in [0.15, 0.2) is 0 Å². The highest BCUT2D eigenvalue weighted by Crippen LogP contribution is 2.33. The molecule has 2 aliphatic rings. The molecule has 2 N–H and O–H groups in total. The van der Waals surface area contributed by atoms with Crippen molar-refractivity contribution in [1.29, 1.82) is 0 Å². The lowest BCUT2D eigenvalue weighted by molar-refractivity contribution is 0.0702. The van der Waals surface area contributed by atoms with Gasteiger partial charge in [0.1, 0.15) is 11.3 Å². The molecule has 0 radical (unpaired) electrons. The van der Waals surface area contributed by atoms with E-state index >= 15 is 0 Å². The second-order valence-electron chi connectivity index (χ2n) is 7.51. The summed E-state index contributed by atoms with van der Waals surface area (Å²) >= 11 is 0. The van der Waals surface area contributed by atoms with Crippen molar-refractivity contribution in [2.45, 2.75) is 58.0 Å². The van der Waals surface area contributed by atoms with Gasteiger partial charge in [0.25, 0.3) is 5.91 Å². The number of hydrogen-bond donors (Lipinski definition) is 2. The van der Waals surface area contributed by atoms with Gasteiger partial charge in [-0.2, -0.15) is 0 Å². The molecule has 0 bridgehead atoms. The molecule has 3 atom stereocenters. The molecule has 1 amide bonds. The van der Waals surface area contributed by atoms with Crippen molar-refractivity contribution in [1.82, 2.24) is 25.9 Å². The van der Waals surface area contributed by atoms with Gasteiger partial charge in [0.2, 0.25) is 0 Å². The zero-order valence-corrected chi connectivity index (χ0v) is 16.2. The Bertz CT molecular complexity index is 834. The minimum atomic E-state index is 0.0481. The lowest BCUT2D eigenvalue weighted by Crippen LogP contribution is -2.50. The highest BCUT2D eigenvalue weighted by Gasteiger charge is 2.43. The summed E-state index contributed by atoms with van der Waals surface area (Å²) in [6.45, 7) is 7.55. The van der Waals surface area contributed by atoms with E-state index in [9.17, 15) is 4.79 Å². The molecule has 4 rings (SSSR count). The van der Waals surface area contributed by atoms with Crippen LogP contribution in [0.2, 0.25) is 0 Å². The molecule has 2 aliphatic heterocycles. The Kier molecular flexibility index (Phi) is 4.97. The third kappa shape index (κ3) is 3.15. The van der Waals surface area contributed by atoms with Crippen LogP contribution in [0, 0.1) is 13.8 Å². The van der Waals surface area contributed by atoms with Crippen molar-refractivity contribution in [3.05, 3.63) is 46.6 Å². The van der Waals surface area contributed by atoms with Crippen LogP contribution < -0.4 is 10.9 Å². The molecule has 2 aromatic heterocycles. The smallest absolute Gasteiger partial charge is 0.259 e. The number of carbonyl (C=O) groups excluding carboxylic acids is 1. The monoisotopic (exact) mass is 369 g/mol. The number of nitrogens with one attached hydrogen (secondary N) is 2. The Morgan fingerprint density at radius 2 is 2.26 bits per heavy atom. The van der Waals surface area contributed by atoms with Gasteiger partial charge >= 0.3 is 0 Å². The van der Waals surface area contributed by atoms with E-state index in [4.69, 9.17) is 4.52 Å². The number of aromatic nitrogens is 2. The Morgan fingerprint density at radius 3 is 3.04 bits per heavy atom. The van der Waals surface area contributed by atoms with Crippen molar-refractivity contribution in [2.75, 3.05) is 13.1 Å². The summed E-state index contributed by atoms with van der Waals surface area (Å²) in [4.78, 5) is 19.6. The summed E-state index contributed by atoms with van der Waals surface area (Å²) in [6.07, 6.45) is 6.47. The second kappa shape index (κ2) is 7.40. The average molecular weight is 369 g/mol. The normalized spacial score (nSPS) is 25.3.